The van der Waals surface area contributed by atoms with E-state index in [2.05, 4.69) is 10.1 Å². The van der Waals surface area contributed by atoms with Gasteiger partial charge in [0.15, 0.2) is 0 Å². The molecule has 2 fully saturated rings. The zero-order valence-electron chi connectivity index (χ0n) is 19.3. The van der Waals surface area contributed by atoms with Crippen LogP contribution in [-0.2, 0) is 19.1 Å². The first-order chi connectivity index (χ1) is 17.1. The van der Waals surface area contributed by atoms with Gasteiger partial charge in [-0.25, -0.2) is 18.0 Å². The Balaban J connectivity index is 0.000000338. The van der Waals surface area contributed by atoms with Crippen LogP contribution in [0.25, 0.3) is 0 Å². The van der Waals surface area contributed by atoms with Crippen molar-refractivity contribution in [2.75, 3.05) is 31.9 Å². The Labute approximate surface area is 210 Å². The fourth-order valence-corrected chi connectivity index (χ4v) is 3.99. The fourth-order valence-electron chi connectivity index (χ4n) is 3.75. The van der Waals surface area contributed by atoms with Gasteiger partial charge < -0.3 is 14.8 Å². The maximum Gasteiger partial charge on any atom is 0.411 e. The fraction of sp³-hybridized carbons (Fsp3) is 0.375. The van der Waals surface area contributed by atoms with E-state index in [1.807, 2.05) is 0 Å². The van der Waals surface area contributed by atoms with Crippen LogP contribution in [0.4, 0.5) is 23.7 Å². The number of alkyl halides is 2. The third-order valence-corrected chi connectivity index (χ3v) is 5.91. The molecule has 0 bridgehead atoms. The van der Waals surface area contributed by atoms with E-state index in [9.17, 15) is 27.6 Å². The summed E-state index contributed by atoms with van der Waals surface area (Å²) >= 11 is 6.20. The summed E-state index contributed by atoms with van der Waals surface area (Å²) in [6.45, 7) is 1.63. The minimum atomic E-state index is -2.80. The Morgan fingerprint density at radius 2 is 1.97 bits per heavy atom. The topological polar surface area (TPSA) is 88.2 Å². The number of rotatable bonds is 6. The highest BCUT2D eigenvalue weighted by atomic mass is 35.5. The minimum absolute atomic E-state index is 0.143. The maximum atomic E-state index is 13.6. The SMILES string of the molecule is COC(=O)N1CCOC1.O=CN(c1cccc(F)c1)C(C(=O)NC1CC(F)(F)C1)c1ccccc1Cl. The molecule has 12 heteroatoms. The zero-order chi connectivity index (χ0) is 26.3. The van der Waals surface area contributed by atoms with E-state index in [1.54, 1.807) is 24.3 Å². The number of carbonyl (C=O) groups is 3. The molecule has 36 heavy (non-hydrogen) atoms. The Kier molecular flexibility index (Phi) is 9.16. The van der Waals surface area contributed by atoms with Crippen LogP contribution in [-0.4, -0.2) is 62.3 Å². The van der Waals surface area contributed by atoms with Crippen molar-refractivity contribution in [1.82, 2.24) is 10.2 Å². The molecule has 8 nitrogen and oxygen atoms in total. The molecular weight excluding hydrogens is 503 g/mol. The summed E-state index contributed by atoms with van der Waals surface area (Å²) in [4.78, 5) is 37.8. The number of nitrogens with zero attached hydrogens (tertiary/aromatic N) is 2. The first-order valence-corrected chi connectivity index (χ1v) is 11.4. The number of amides is 3. The van der Waals surface area contributed by atoms with Crippen LogP contribution in [0.3, 0.4) is 0 Å². The molecule has 194 valence electrons. The van der Waals surface area contributed by atoms with E-state index < -0.39 is 42.6 Å². The second kappa shape index (κ2) is 12.1. The van der Waals surface area contributed by atoms with Crippen molar-refractivity contribution in [3.05, 3.63) is 64.9 Å². The highest BCUT2D eigenvalue weighted by molar-refractivity contribution is 6.31. The molecule has 0 aromatic heterocycles. The van der Waals surface area contributed by atoms with Crippen molar-refractivity contribution < 1.29 is 37.0 Å². The van der Waals surface area contributed by atoms with E-state index in [1.165, 1.54) is 30.2 Å². The predicted octanol–water partition coefficient (Wildman–Crippen LogP) is 4.14. The van der Waals surface area contributed by atoms with Gasteiger partial charge in [0.25, 0.3) is 5.92 Å². The van der Waals surface area contributed by atoms with Crippen LogP contribution in [0.15, 0.2) is 48.5 Å². The Morgan fingerprint density at radius 3 is 2.53 bits per heavy atom. The highest BCUT2D eigenvalue weighted by Crippen LogP contribution is 2.38. The van der Waals surface area contributed by atoms with Crippen molar-refractivity contribution in [2.24, 2.45) is 0 Å². The molecule has 2 aromatic rings. The number of ether oxygens (including phenoxy) is 2. The van der Waals surface area contributed by atoms with E-state index in [0.717, 1.165) is 11.0 Å². The lowest BCUT2D eigenvalue weighted by Crippen LogP contribution is -2.53. The van der Waals surface area contributed by atoms with Crippen LogP contribution in [0.2, 0.25) is 5.02 Å². The maximum absolute atomic E-state index is 13.6. The number of carbonyl (C=O) groups excluding carboxylic acids is 3. The van der Waals surface area contributed by atoms with Gasteiger partial charge in [-0.3, -0.25) is 19.4 Å². The van der Waals surface area contributed by atoms with Crippen molar-refractivity contribution in [3.63, 3.8) is 0 Å². The molecule has 1 saturated heterocycles. The van der Waals surface area contributed by atoms with Gasteiger partial charge in [-0.1, -0.05) is 35.9 Å². The lowest BCUT2D eigenvalue weighted by molar-refractivity contribution is -0.131. The molecule has 0 radical (unpaired) electrons. The van der Waals surface area contributed by atoms with Crippen molar-refractivity contribution in [1.29, 1.82) is 0 Å². The second-order valence-corrected chi connectivity index (χ2v) is 8.56. The average molecular weight is 528 g/mol. The lowest BCUT2D eigenvalue weighted by Gasteiger charge is -2.37. The summed E-state index contributed by atoms with van der Waals surface area (Å²) < 4.78 is 49.1. The van der Waals surface area contributed by atoms with Gasteiger partial charge in [-0.2, -0.15) is 0 Å². The molecule has 1 aliphatic heterocycles. The van der Waals surface area contributed by atoms with Gasteiger partial charge in [0.2, 0.25) is 12.3 Å². The summed E-state index contributed by atoms with van der Waals surface area (Å²) in [5.41, 5.74) is 0.447. The summed E-state index contributed by atoms with van der Waals surface area (Å²) in [6, 6.07) is 9.62. The monoisotopic (exact) mass is 527 g/mol. The third kappa shape index (κ3) is 6.88. The zero-order valence-corrected chi connectivity index (χ0v) is 20.1. The van der Waals surface area contributed by atoms with Gasteiger partial charge in [-0.05, 0) is 24.3 Å². The summed E-state index contributed by atoms with van der Waals surface area (Å²) in [6.07, 6.45) is -0.852. The van der Waals surface area contributed by atoms with Crippen LogP contribution >= 0.6 is 11.6 Å². The quantitative estimate of drug-likeness (QED) is 0.571. The number of anilines is 1. The van der Waals surface area contributed by atoms with Crippen molar-refractivity contribution in [3.8, 4) is 0 Å². The van der Waals surface area contributed by atoms with E-state index in [0.29, 0.717) is 31.9 Å². The lowest BCUT2D eigenvalue weighted by atomic mass is 9.87. The number of methoxy groups -OCH3 is 1. The first-order valence-electron chi connectivity index (χ1n) is 11.0. The molecule has 4 rings (SSSR count). The number of benzene rings is 2. The Bertz CT molecular complexity index is 1080. The molecule has 1 N–H and O–H groups in total. The van der Waals surface area contributed by atoms with Crippen LogP contribution < -0.4 is 10.2 Å². The minimum Gasteiger partial charge on any atom is -0.453 e. The average Bonchev–Trinajstić information content (AvgIpc) is 3.37. The molecule has 2 aromatic carbocycles. The molecule has 1 aliphatic carbocycles. The molecule has 1 atom stereocenters. The van der Waals surface area contributed by atoms with Crippen molar-refractivity contribution in [2.45, 2.75) is 30.8 Å². The van der Waals surface area contributed by atoms with Crippen LogP contribution in [0.1, 0.15) is 24.4 Å². The third-order valence-electron chi connectivity index (χ3n) is 5.57. The number of halogens is 4. The van der Waals surface area contributed by atoms with Gasteiger partial charge >= 0.3 is 6.09 Å². The van der Waals surface area contributed by atoms with E-state index in [4.69, 9.17) is 16.3 Å². The molecule has 1 heterocycles. The molecule has 1 unspecified atom stereocenters. The predicted molar refractivity (Wildman–Crippen MR) is 125 cm³/mol. The second-order valence-electron chi connectivity index (χ2n) is 8.16. The smallest absolute Gasteiger partial charge is 0.411 e. The normalized spacial score (nSPS) is 17.2. The molecular formula is C24H25ClF3N3O5. The molecule has 0 spiro atoms. The molecule has 2 aliphatic rings. The van der Waals surface area contributed by atoms with Crippen LogP contribution in [0, 0.1) is 5.82 Å². The van der Waals surface area contributed by atoms with Gasteiger partial charge in [0.1, 0.15) is 18.6 Å². The highest BCUT2D eigenvalue weighted by Gasteiger charge is 2.47. The summed E-state index contributed by atoms with van der Waals surface area (Å²) in [5.74, 6) is -4.05. The van der Waals surface area contributed by atoms with Gasteiger partial charge in [0.05, 0.1) is 13.7 Å². The largest absolute Gasteiger partial charge is 0.453 e. The first kappa shape index (κ1) is 27.3. The summed E-state index contributed by atoms with van der Waals surface area (Å²) in [5, 5.41) is 2.75. The molecule has 1 saturated carbocycles. The standard InChI is InChI=1S/C19H16ClF3N2O2.C5H9NO3/c20-16-7-2-1-6-15(16)17(18(27)24-13-9-19(22,23)10-13)25(11-26)14-5-3-4-12(21)8-14;1-8-5(7)6-2-3-9-4-6/h1-8,11,13,17H,9-10H2,(H,24,27);2-4H2,1H3. The van der Waals surface area contributed by atoms with Gasteiger partial charge in [-0.15, -0.1) is 0 Å². The van der Waals surface area contributed by atoms with Crippen molar-refractivity contribution >= 4 is 35.7 Å². The van der Waals surface area contributed by atoms with E-state index in [-0.39, 0.29) is 16.8 Å². The van der Waals surface area contributed by atoms with E-state index >= 15 is 0 Å². The number of nitrogens with one attached hydrogen (secondary N) is 1. The Morgan fingerprint density at radius 1 is 1.25 bits per heavy atom. The molecule has 3 amide bonds. The van der Waals surface area contributed by atoms with Gasteiger partial charge in [0, 0.05) is 41.7 Å². The number of hydrogen-bond acceptors (Lipinski definition) is 5. The Hall–Kier alpha value is -3.31. The summed E-state index contributed by atoms with van der Waals surface area (Å²) in [7, 11) is 1.36. The number of hydrogen-bond donors (Lipinski definition) is 1. The van der Waals surface area contributed by atoms with Crippen LogP contribution in [0.5, 0.6) is 0 Å².